The minimum absolute atomic E-state index is 0.199. The molecule has 21 heavy (non-hydrogen) atoms. The molecule has 1 unspecified atom stereocenters. The summed E-state index contributed by atoms with van der Waals surface area (Å²) < 4.78 is 19.9. The Hall–Kier alpha value is -1.47. The van der Waals surface area contributed by atoms with E-state index >= 15 is 0 Å². The molecule has 0 spiro atoms. The number of methoxy groups -OCH3 is 1. The molecule has 0 amide bonds. The van der Waals surface area contributed by atoms with E-state index in [1.165, 1.54) is 19.2 Å². The molecule has 1 N–H and O–H groups in total. The average Bonchev–Trinajstić information content (AvgIpc) is 2.46. The maximum atomic E-state index is 13.7. The number of ether oxygens (including phenoxy) is 1. The number of carbonyl (C=O) groups excluding carboxylic acids is 1. The predicted octanol–water partition coefficient (Wildman–Crippen LogP) is 4.07. The van der Waals surface area contributed by atoms with E-state index in [-0.39, 0.29) is 5.69 Å². The lowest BCUT2D eigenvalue weighted by molar-refractivity contribution is -0.141. The van der Waals surface area contributed by atoms with E-state index in [1.54, 1.807) is 24.4 Å². The zero-order valence-electron chi connectivity index (χ0n) is 10.9. The van der Waals surface area contributed by atoms with Gasteiger partial charge in [-0.3, -0.25) is 4.98 Å². The zero-order chi connectivity index (χ0) is 15.4. The van der Waals surface area contributed by atoms with Crippen molar-refractivity contribution in [3.63, 3.8) is 0 Å². The second kappa shape index (κ2) is 7.00. The van der Waals surface area contributed by atoms with Crippen LogP contribution in [-0.2, 0) is 9.53 Å². The highest BCUT2D eigenvalue weighted by Crippen LogP contribution is 2.28. The van der Waals surface area contributed by atoms with E-state index in [1.807, 2.05) is 0 Å². The van der Waals surface area contributed by atoms with Crippen LogP contribution in [0.15, 0.2) is 45.5 Å². The number of anilines is 1. The first-order valence-electron chi connectivity index (χ1n) is 5.92. The van der Waals surface area contributed by atoms with Crippen LogP contribution in [0.2, 0.25) is 0 Å². The van der Waals surface area contributed by atoms with Crippen molar-refractivity contribution in [3.05, 3.63) is 57.0 Å². The normalized spacial score (nSPS) is 11.8. The number of para-hydroxylation sites is 1. The fourth-order valence-corrected chi connectivity index (χ4v) is 2.94. The van der Waals surface area contributed by atoms with Gasteiger partial charge in [0.05, 0.1) is 18.5 Å². The Labute approximate surface area is 138 Å². The predicted molar refractivity (Wildman–Crippen MR) is 84.4 cm³/mol. The van der Waals surface area contributed by atoms with E-state index in [0.717, 1.165) is 4.47 Å². The van der Waals surface area contributed by atoms with Crippen molar-refractivity contribution in [2.45, 2.75) is 6.04 Å². The molecule has 0 bridgehead atoms. The number of hydrogen-bond acceptors (Lipinski definition) is 4. The second-order valence-electron chi connectivity index (χ2n) is 4.10. The van der Waals surface area contributed by atoms with Crippen LogP contribution in [0.1, 0.15) is 11.7 Å². The number of benzene rings is 1. The molecule has 1 aromatic heterocycles. The van der Waals surface area contributed by atoms with Crippen molar-refractivity contribution in [3.8, 4) is 0 Å². The summed E-state index contributed by atoms with van der Waals surface area (Å²) in [5.74, 6) is -1.02. The number of hydrogen-bond donors (Lipinski definition) is 1. The Morgan fingerprint density at radius 2 is 2.10 bits per heavy atom. The smallest absolute Gasteiger partial charge is 0.334 e. The van der Waals surface area contributed by atoms with Gasteiger partial charge in [-0.2, -0.15) is 0 Å². The van der Waals surface area contributed by atoms with Gasteiger partial charge in [-0.15, -0.1) is 0 Å². The Morgan fingerprint density at radius 3 is 2.71 bits per heavy atom. The van der Waals surface area contributed by atoms with Crippen LogP contribution in [0.5, 0.6) is 0 Å². The van der Waals surface area contributed by atoms with Crippen molar-refractivity contribution in [2.24, 2.45) is 0 Å². The first-order valence-corrected chi connectivity index (χ1v) is 7.51. The number of pyridine rings is 1. The molecule has 4 nitrogen and oxygen atoms in total. The SMILES string of the molecule is COC(=O)C(Nc1ccccc1F)c1ncc(Br)cc1Br. The number of carbonyl (C=O) groups is 1. The summed E-state index contributed by atoms with van der Waals surface area (Å²) in [5, 5.41) is 2.82. The number of nitrogens with one attached hydrogen (secondary N) is 1. The molecular weight excluding hydrogens is 407 g/mol. The standard InChI is InChI=1S/C14H11Br2FN2O2/c1-21-14(20)13(12-9(16)6-8(15)7-18-12)19-11-5-3-2-4-10(11)17/h2-7,13,19H,1H3. The largest absolute Gasteiger partial charge is 0.467 e. The summed E-state index contributed by atoms with van der Waals surface area (Å²) in [5.41, 5.74) is 0.609. The van der Waals surface area contributed by atoms with Crippen molar-refractivity contribution in [1.82, 2.24) is 4.98 Å². The van der Waals surface area contributed by atoms with Crippen molar-refractivity contribution in [2.75, 3.05) is 12.4 Å². The summed E-state index contributed by atoms with van der Waals surface area (Å²) in [6.45, 7) is 0. The number of esters is 1. The molecule has 2 aromatic rings. The summed E-state index contributed by atoms with van der Waals surface area (Å²) in [6.07, 6.45) is 1.55. The van der Waals surface area contributed by atoms with Crippen LogP contribution < -0.4 is 5.32 Å². The molecule has 0 saturated heterocycles. The third-order valence-electron chi connectivity index (χ3n) is 2.72. The van der Waals surface area contributed by atoms with Gasteiger partial charge < -0.3 is 10.1 Å². The van der Waals surface area contributed by atoms with Crippen LogP contribution >= 0.6 is 31.9 Å². The first kappa shape index (κ1) is 15.9. The molecule has 7 heteroatoms. The van der Waals surface area contributed by atoms with Crippen LogP contribution in [0.4, 0.5) is 10.1 Å². The summed E-state index contributed by atoms with van der Waals surface area (Å²) in [6, 6.07) is 6.92. The van der Waals surface area contributed by atoms with Crippen molar-refractivity contribution in [1.29, 1.82) is 0 Å². The molecule has 0 aliphatic carbocycles. The zero-order valence-corrected chi connectivity index (χ0v) is 14.1. The van der Waals surface area contributed by atoms with Crippen LogP contribution in [0.25, 0.3) is 0 Å². The minimum atomic E-state index is -0.922. The minimum Gasteiger partial charge on any atom is -0.467 e. The Bertz CT molecular complexity index is 667. The summed E-state index contributed by atoms with van der Waals surface area (Å²) in [7, 11) is 1.27. The van der Waals surface area contributed by atoms with Crippen LogP contribution in [0, 0.1) is 5.82 Å². The maximum Gasteiger partial charge on any atom is 0.334 e. The fourth-order valence-electron chi connectivity index (χ4n) is 1.73. The van der Waals surface area contributed by atoms with Gasteiger partial charge >= 0.3 is 5.97 Å². The quantitative estimate of drug-likeness (QED) is 0.761. The molecule has 0 aliphatic heterocycles. The van der Waals surface area contributed by atoms with Crippen LogP contribution in [0.3, 0.4) is 0 Å². The molecule has 1 atom stereocenters. The maximum absolute atomic E-state index is 13.7. The van der Waals surface area contributed by atoms with Gasteiger partial charge in [0, 0.05) is 15.1 Å². The van der Waals surface area contributed by atoms with Gasteiger partial charge in [-0.1, -0.05) is 12.1 Å². The lowest BCUT2D eigenvalue weighted by Gasteiger charge is -2.18. The molecule has 110 valence electrons. The van der Waals surface area contributed by atoms with Gasteiger partial charge in [0.25, 0.3) is 0 Å². The van der Waals surface area contributed by atoms with Gasteiger partial charge in [0.2, 0.25) is 0 Å². The number of nitrogens with zero attached hydrogens (tertiary/aromatic N) is 1. The number of halogens is 3. The number of rotatable bonds is 4. The van der Waals surface area contributed by atoms with Gasteiger partial charge in [-0.05, 0) is 50.1 Å². The summed E-state index contributed by atoms with van der Waals surface area (Å²) >= 11 is 6.63. The highest BCUT2D eigenvalue weighted by atomic mass is 79.9. The Morgan fingerprint density at radius 1 is 1.38 bits per heavy atom. The van der Waals surface area contributed by atoms with Crippen molar-refractivity contribution < 1.29 is 13.9 Å². The Kier molecular flexibility index (Phi) is 5.30. The molecule has 1 aromatic carbocycles. The van der Waals surface area contributed by atoms with E-state index in [2.05, 4.69) is 42.2 Å². The average molecular weight is 418 g/mol. The molecule has 1 heterocycles. The summed E-state index contributed by atoms with van der Waals surface area (Å²) in [4.78, 5) is 16.2. The molecule has 2 rings (SSSR count). The lowest BCUT2D eigenvalue weighted by atomic mass is 10.1. The second-order valence-corrected chi connectivity index (χ2v) is 5.87. The molecule has 0 radical (unpaired) electrons. The van der Waals surface area contributed by atoms with Crippen LogP contribution in [-0.4, -0.2) is 18.1 Å². The van der Waals surface area contributed by atoms with E-state index in [4.69, 9.17) is 4.74 Å². The highest BCUT2D eigenvalue weighted by molar-refractivity contribution is 9.11. The monoisotopic (exact) mass is 416 g/mol. The van der Waals surface area contributed by atoms with Gasteiger partial charge in [0.1, 0.15) is 5.82 Å². The Balaban J connectivity index is 2.40. The topological polar surface area (TPSA) is 51.2 Å². The van der Waals surface area contributed by atoms with Crippen molar-refractivity contribution >= 4 is 43.5 Å². The van der Waals surface area contributed by atoms with E-state index in [9.17, 15) is 9.18 Å². The molecule has 0 fully saturated rings. The third-order valence-corrected chi connectivity index (χ3v) is 3.79. The third kappa shape index (κ3) is 3.79. The van der Waals surface area contributed by atoms with E-state index < -0.39 is 17.8 Å². The lowest BCUT2D eigenvalue weighted by Crippen LogP contribution is -2.24. The van der Waals surface area contributed by atoms with Gasteiger partial charge in [0.15, 0.2) is 6.04 Å². The molecular formula is C14H11Br2FN2O2. The van der Waals surface area contributed by atoms with E-state index in [0.29, 0.717) is 10.2 Å². The first-order chi connectivity index (χ1) is 10.0. The fraction of sp³-hybridized carbons (Fsp3) is 0.143. The molecule has 0 aliphatic rings. The number of aromatic nitrogens is 1. The molecule has 0 saturated carbocycles. The van der Waals surface area contributed by atoms with Gasteiger partial charge in [-0.25, -0.2) is 9.18 Å². The highest BCUT2D eigenvalue weighted by Gasteiger charge is 2.26.